The minimum Gasteiger partial charge on any atom is -0.315 e. The van der Waals surface area contributed by atoms with Crippen molar-refractivity contribution in [3.05, 3.63) is 35.1 Å². The molecule has 1 N–H and O–H groups in total. The van der Waals surface area contributed by atoms with Crippen LogP contribution in [0.4, 0.5) is 17.6 Å². The molecule has 0 unspecified atom stereocenters. The smallest absolute Gasteiger partial charge is 0.315 e. The molecule has 2 aliphatic rings. The molecule has 1 aromatic carbocycles. The lowest BCUT2D eigenvalue weighted by Crippen LogP contribution is -2.70. The maximum absolute atomic E-state index is 13.7. The Balaban J connectivity index is 1.65. The summed E-state index contributed by atoms with van der Waals surface area (Å²) in [5.74, 6) is -0.775. The van der Waals surface area contributed by atoms with Crippen molar-refractivity contribution >= 4 is 0 Å². The third kappa shape index (κ3) is 2.34. The van der Waals surface area contributed by atoms with E-state index in [0.717, 1.165) is 32.2 Å². The summed E-state index contributed by atoms with van der Waals surface area (Å²) in [5, 5.41) is 3.20. The van der Waals surface area contributed by atoms with Gasteiger partial charge in [0.15, 0.2) is 0 Å². The van der Waals surface area contributed by atoms with Crippen molar-refractivity contribution in [3.63, 3.8) is 0 Å². The molecule has 0 aliphatic carbocycles. The average molecular weight is 274 g/mol. The lowest BCUT2D eigenvalue weighted by atomic mass is 9.74. The van der Waals surface area contributed by atoms with E-state index in [2.05, 4.69) is 10.2 Å². The highest BCUT2D eigenvalue weighted by atomic mass is 19.4. The second-order valence-electron chi connectivity index (χ2n) is 5.55. The first-order valence-electron chi connectivity index (χ1n) is 6.17. The summed E-state index contributed by atoms with van der Waals surface area (Å²) in [6.07, 6.45) is -4.49. The SMILES string of the molecule is Fc1cc(C(F)(F)F)ccc1CN1CC2(CNC2)C1. The average Bonchev–Trinajstić information content (AvgIpc) is 2.20. The fourth-order valence-corrected chi connectivity index (χ4v) is 2.81. The van der Waals surface area contributed by atoms with Crippen molar-refractivity contribution < 1.29 is 17.6 Å². The molecule has 19 heavy (non-hydrogen) atoms. The molecule has 2 heterocycles. The van der Waals surface area contributed by atoms with Gasteiger partial charge in [-0.1, -0.05) is 6.07 Å². The number of nitrogens with zero attached hydrogens (tertiary/aromatic N) is 1. The normalized spacial score (nSPS) is 22.1. The largest absolute Gasteiger partial charge is 0.416 e. The second kappa shape index (κ2) is 4.18. The predicted octanol–water partition coefficient (Wildman–Crippen LogP) is 2.25. The van der Waals surface area contributed by atoms with Gasteiger partial charge in [-0.15, -0.1) is 0 Å². The van der Waals surface area contributed by atoms with E-state index < -0.39 is 17.6 Å². The minimum atomic E-state index is -4.49. The molecule has 3 rings (SSSR count). The van der Waals surface area contributed by atoms with Crippen LogP contribution in [-0.4, -0.2) is 31.1 Å². The molecule has 0 atom stereocenters. The van der Waals surface area contributed by atoms with E-state index in [9.17, 15) is 17.6 Å². The van der Waals surface area contributed by atoms with Crippen molar-refractivity contribution in [2.45, 2.75) is 12.7 Å². The Morgan fingerprint density at radius 3 is 2.37 bits per heavy atom. The first-order chi connectivity index (χ1) is 8.88. The molecular formula is C13H14F4N2. The number of benzene rings is 1. The third-order valence-corrected chi connectivity index (χ3v) is 3.89. The lowest BCUT2D eigenvalue weighted by molar-refractivity contribution is -0.137. The van der Waals surface area contributed by atoms with Gasteiger partial charge in [0.2, 0.25) is 0 Å². The molecule has 104 valence electrons. The van der Waals surface area contributed by atoms with Crippen LogP contribution in [0, 0.1) is 11.2 Å². The molecule has 2 fully saturated rings. The zero-order valence-corrected chi connectivity index (χ0v) is 10.2. The Morgan fingerprint density at radius 1 is 1.21 bits per heavy atom. The van der Waals surface area contributed by atoms with Gasteiger partial charge in [-0.25, -0.2) is 4.39 Å². The van der Waals surface area contributed by atoms with Crippen LogP contribution in [0.1, 0.15) is 11.1 Å². The van der Waals surface area contributed by atoms with Crippen molar-refractivity contribution in [1.82, 2.24) is 10.2 Å². The maximum Gasteiger partial charge on any atom is 0.416 e. The predicted molar refractivity (Wildman–Crippen MR) is 62.0 cm³/mol. The highest BCUT2D eigenvalue weighted by molar-refractivity contribution is 5.26. The van der Waals surface area contributed by atoms with Crippen molar-refractivity contribution in [2.75, 3.05) is 26.2 Å². The van der Waals surface area contributed by atoms with Gasteiger partial charge in [0.1, 0.15) is 5.82 Å². The van der Waals surface area contributed by atoms with E-state index in [1.165, 1.54) is 6.07 Å². The molecule has 2 saturated heterocycles. The van der Waals surface area contributed by atoms with Gasteiger partial charge in [-0.2, -0.15) is 13.2 Å². The highest BCUT2D eigenvalue weighted by Gasteiger charge is 2.47. The Hall–Kier alpha value is -1.14. The maximum atomic E-state index is 13.7. The highest BCUT2D eigenvalue weighted by Crippen LogP contribution is 2.36. The standard InChI is InChI=1S/C13H14F4N2/c14-11-3-10(13(15,16)17)2-1-9(11)4-19-7-12(8-19)5-18-6-12/h1-3,18H,4-8H2. The molecule has 1 spiro atoms. The topological polar surface area (TPSA) is 15.3 Å². The molecule has 2 nitrogen and oxygen atoms in total. The Bertz CT molecular complexity index is 486. The van der Waals surface area contributed by atoms with Gasteiger partial charge < -0.3 is 5.32 Å². The monoisotopic (exact) mass is 274 g/mol. The number of alkyl halides is 3. The molecule has 2 aliphatic heterocycles. The third-order valence-electron chi connectivity index (χ3n) is 3.89. The van der Waals surface area contributed by atoms with Gasteiger partial charge in [0, 0.05) is 43.7 Å². The number of likely N-dealkylation sites (tertiary alicyclic amines) is 1. The molecule has 1 aromatic rings. The van der Waals surface area contributed by atoms with E-state index in [0.29, 0.717) is 23.6 Å². The Morgan fingerprint density at radius 2 is 1.89 bits per heavy atom. The molecule has 0 bridgehead atoms. The van der Waals surface area contributed by atoms with Crippen molar-refractivity contribution in [3.8, 4) is 0 Å². The van der Waals surface area contributed by atoms with Gasteiger partial charge in [0.25, 0.3) is 0 Å². The molecule has 0 radical (unpaired) electrons. The molecule has 0 aromatic heterocycles. The van der Waals surface area contributed by atoms with Crippen LogP contribution in [0.25, 0.3) is 0 Å². The van der Waals surface area contributed by atoms with Crippen molar-refractivity contribution in [1.29, 1.82) is 0 Å². The van der Waals surface area contributed by atoms with Gasteiger partial charge in [-0.05, 0) is 12.1 Å². The fourth-order valence-electron chi connectivity index (χ4n) is 2.81. The van der Waals surface area contributed by atoms with Crippen LogP contribution >= 0.6 is 0 Å². The quantitative estimate of drug-likeness (QED) is 0.832. The summed E-state index contributed by atoms with van der Waals surface area (Å²) in [6, 6.07) is 2.76. The first-order valence-corrected chi connectivity index (χ1v) is 6.17. The number of hydrogen-bond donors (Lipinski definition) is 1. The number of rotatable bonds is 2. The summed E-state index contributed by atoms with van der Waals surface area (Å²) < 4.78 is 50.9. The van der Waals surface area contributed by atoms with E-state index >= 15 is 0 Å². The number of hydrogen-bond acceptors (Lipinski definition) is 2. The Kier molecular flexibility index (Phi) is 2.83. The van der Waals surface area contributed by atoms with Crippen LogP contribution < -0.4 is 5.32 Å². The first kappa shape index (κ1) is 12.9. The summed E-state index contributed by atoms with van der Waals surface area (Å²) in [4.78, 5) is 2.06. The van der Waals surface area contributed by atoms with E-state index in [4.69, 9.17) is 0 Å². The Labute approximate surface area is 108 Å². The van der Waals surface area contributed by atoms with Crippen LogP contribution in [0.15, 0.2) is 18.2 Å². The van der Waals surface area contributed by atoms with Gasteiger partial charge in [0.05, 0.1) is 5.56 Å². The zero-order chi connectivity index (χ0) is 13.7. The molecule has 0 saturated carbocycles. The van der Waals surface area contributed by atoms with Crippen LogP contribution in [0.5, 0.6) is 0 Å². The molecule has 0 amide bonds. The molecule has 6 heteroatoms. The molecular weight excluding hydrogens is 260 g/mol. The zero-order valence-electron chi connectivity index (χ0n) is 10.2. The van der Waals surface area contributed by atoms with Gasteiger partial charge >= 0.3 is 6.18 Å². The summed E-state index contributed by atoms with van der Waals surface area (Å²) >= 11 is 0. The van der Waals surface area contributed by atoms with Crippen molar-refractivity contribution in [2.24, 2.45) is 5.41 Å². The van der Waals surface area contributed by atoms with Crippen LogP contribution in [-0.2, 0) is 12.7 Å². The van der Waals surface area contributed by atoms with E-state index in [1.807, 2.05) is 0 Å². The van der Waals surface area contributed by atoms with Crippen LogP contribution in [0.3, 0.4) is 0 Å². The minimum absolute atomic E-state index is 0.329. The summed E-state index contributed by atoms with van der Waals surface area (Å²) in [6.45, 7) is 4.13. The van der Waals surface area contributed by atoms with Crippen LogP contribution in [0.2, 0.25) is 0 Å². The second-order valence-corrected chi connectivity index (χ2v) is 5.55. The number of nitrogens with one attached hydrogen (secondary N) is 1. The lowest BCUT2D eigenvalue weighted by Gasteiger charge is -2.56. The summed E-state index contributed by atoms with van der Waals surface area (Å²) in [7, 11) is 0. The van der Waals surface area contributed by atoms with Gasteiger partial charge in [-0.3, -0.25) is 4.90 Å². The van der Waals surface area contributed by atoms with E-state index in [-0.39, 0.29) is 0 Å². The summed E-state index contributed by atoms with van der Waals surface area (Å²) in [5.41, 5.74) is -0.269. The number of halogens is 4. The van der Waals surface area contributed by atoms with E-state index in [1.54, 1.807) is 0 Å². The fraction of sp³-hybridized carbons (Fsp3) is 0.538.